The van der Waals surface area contributed by atoms with Gasteiger partial charge in [0.05, 0.1) is 6.54 Å². The number of rotatable bonds is 7. The zero-order valence-corrected chi connectivity index (χ0v) is 19.6. The molecule has 5 nitrogen and oxygen atoms in total. The largest absolute Gasteiger partial charge is 0.347 e. The predicted molar refractivity (Wildman–Crippen MR) is 133 cm³/mol. The Bertz CT molecular complexity index is 1120. The number of carbonyl (C=O) groups excluding carboxylic acids is 2. The third-order valence-corrected chi connectivity index (χ3v) is 7.52. The summed E-state index contributed by atoms with van der Waals surface area (Å²) in [5.41, 5.74) is 4.73. The fourth-order valence-electron chi connectivity index (χ4n) is 4.69. The standard InChI is InChI=1S/C27H29N3O2S/c31-26(28-19-24-4-3-17-33-24)21-7-5-20(6-8-21)22-9-10-25-23(18-22)11-14-30(27(25)32)16-15-29-12-1-2-13-29/h3-10,17-18H,1-2,11-16,19H2,(H,28,31). The molecule has 1 fully saturated rings. The van der Waals surface area contributed by atoms with E-state index in [4.69, 9.17) is 0 Å². The fourth-order valence-corrected chi connectivity index (χ4v) is 5.34. The van der Waals surface area contributed by atoms with E-state index in [9.17, 15) is 9.59 Å². The quantitative estimate of drug-likeness (QED) is 0.568. The van der Waals surface area contributed by atoms with Crippen LogP contribution in [0.5, 0.6) is 0 Å². The second kappa shape index (κ2) is 9.89. The summed E-state index contributed by atoms with van der Waals surface area (Å²) in [5.74, 6) is 0.0831. The van der Waals surface area contributed by atoms with Crippen molar-refractivity contribution in [2.75, 3.05) is 32.7 Å². The Labute approximate surface area is 199 Å². The Morgan fingerprint density at radius 1 is 0.939 bits per heavy atom. The summed E-state index contributed by atoms with van der Waals surface area (Å²) in [6.07, 6.45) is 3.44. The van der Waals surface area contributed by atoms with Crippen molar-refractivity contribution in [3.8, 4) is 11.1 Å². The SMILES string of the molecule is O=C(NCc1cccs1)c1ccc(-c2ccc3c(c2)CCN(CCN2CCCC2)C3=O)cc1. The Morgan fingerprint density at radius 3 is 2.48 bits per heavy atom. The highest BCUT2D eigenvalue weighted by atomic mass is 32.1. The van der Waals surface area contributed by atoms with Crippen LogP contribution in [0.3, 0.4) is 0 Å². The van der Waals surface area contributed by atoms with Crippen LogP contribution in [0, 0.1) is 0 Å². The summed E-state index contributed by atoms with van der Waals surface area (Å²) in [7, 11) is 0. The topological polar surface area (TPSA) is 52.7 Å². The predicted octanol–water partition coefficient (Wildman–Crippen LogP) is 4.44. The van der Waals surface area contributed by atoms with E-state index in [-0.39, 0.29) is 11.8 Å². The molecule has 170 valence electrons. The molecule has 0 unspecified atom stereocenters. The van der Waals surface area contributed by atoms with Crippen molar-refractivity contribution < 1.29 is 9.59 Å². The third-order valence-electron chi connectivity index (χ3n) is 6.64. The number of amides is 2. The molecule has 0 saturated carbocycles. The zero-order chi connectivity index (χ0) is 22.6. The van der Waals surface area contributed by atoms with Gasteiger partial charge in [0.2, 0.25) is 0 Å². The van der Waals surface area contributed by atoms with Gasteiger partial charge in [-0.2, -0.15) is 0 Å². The molecule has 2 aliphatic heterocycles. The summed E-state index contributed by atoms with van der Waals surface area (Å²) in [4.78, 5) is 31.0. The van der Waals surface area contributed by atoms with E-state index in [0.717, 1.165) is 66.3 Å². The van der Waals surface area contributed by atoms with Crippen LogP contribution in [0.4, 0.5) is 0 Å². The van der Waals surface area contributed by atoms with Crippen molar-refractivity contribution in [1.29, 1.82) is 0 Å². The van der Waals surface area contributed by atoms with Gasteiger partial charge < -0.3 is 15.1 Å². The molecule has 0 bridgehead atoms. The molecular weight excluding hydrogens is 430 g/mol. The van der Waals surface area contributed by atoms with Crippen LogP contribution in [0.2, 0.25) is 0 Å². The van der Waals surface area contributed by atoms with Crippen LogP contribution in [-0.4, -0.2) is 54.3 Å². The summed E-state index contributed by atoms with van der Waals surface area (Å²) < 4.78 is 0. The van der Waals surface area contributed by atoms with Gasteiger partial charge in [-0.1, -0.05) is 30.3 Å². The molecule has 2 aromatic carbocycles. The first-order valence-electron chi connectivity index (χ1n) is 11.7. The third kappa shape index (κ3) is 5.02. The lowest BCUT2D eigenvalue weighted by Gasteiger charge is -2.30. The van der Waals surface area contributed by atoms with Crippen molar-refractivity contribution in [1.82, 2.24) is 15.1 Å². The molecule has 0 radical (unpaired) electrons. The number of hydrogen-bond acceptors (Lipinski definition) is 4. The molecular formula is C27H29N3O2S. The average Bonchev–Trinajstić information content (AvgIpc) is 3.56. The smallest absolute Gasteiger partial charge is 0.254 e. The lowest BCUT2D eigenvalue weighted by molar-refractivity contribution is 0.0724. The fraction of sp³-hybridized carbons (Fsp3) is 0.333. The first-order valence-corrected chi connectivity index (χ1v) is 12.6. The number of fused-ring (bicyclic) bond motifs is 1. The number of likely N-dealkylation sites (tertiary alicyclic amines) is 1. The number of nitrogens with zero attached hydrogens (tertiary/aromatic N) is 2. The average molecular weight is 460 g/mol. The van der Waals surface area contributed by atoms with E-state index in [1.165, 1.54) is 12.8 Å². The van der Waals surface area contributed by atoms with Crippen LogP contribution >= 0.6 is 11.3 Å². The lowest BCUT2D eigenvalue weighted by atomic mass is 9.93. The molecule has 0 spiro atoms. The number of nitrogens with one attached hydrogen (secondary N) is 1. The lowest BCUT2D eigenvalue weighted by Crippen LogP contribution is -2.42. The molecule has 3 heterocycles. The highest BCUT2D eigenvalue weighted by Crippen LogP contribution is 2.27. The van der Waals surface area contributed by atoms with Gasteiger partial charge >= 0.3 is 0 Å². The first-order chi connectivity index (χ1) is 16.2. The van der Waals surface area contributed by atoms with Gasteiger partial charge in [-0.05, 0) is 78.7 Å². The number of benzene rings is 2. The van der Waals surface area contributed by atoms with Crippen molar-refractivity contribution in [3.63, 3.8) is 0 Å². The molecule has 6 heteroatoms. The molecule has 1 N–H and O–H groups in total. The molecule has 2 amide bonds. The Morgan fingerprint density at radius 2 is 1.73 bits per heavy atom. The number of thiophene rings is 1. The van der Waals surface area contributed by atoms with Crippen LogP contribution in [-0.2, 0) is 13.0 Å². The first kappa shape index (κ1) is 21.9. The van der Waals surface area contributed by atoms with Gasteiger partial charge in [0.25, 0.3) is 11.8 Å². The number of hydrogen-bond donors (Lipinski definition) is 1. The van der Waals surface area contributed by atoms with Crippen LogP contribution < -0.4 is 5.32 Å². The minimum atomic E-state index is -0.0694. The highest BCUT2D eigenvalue weighted by Gasteiger charge is 2.25. The molecule has 0 aliphatic carbocycles. The molecule has 2 aliphatic rings. The maximum atomic E-state index is 13.0. The summed E-state index contributed by atoms with van der Waals surface area (Å²) in [5, 5.41) is 4.97. The van der Waals surface area contributed by atoms with E-state index < -0.39 is 0 Å². The van der Waals surface area contributed by atoms with Crippen molar-refractivity contribution in [2.24, 2.45) is 0 Å². The van der Waals surface area contributed by atoms with E-state index >= 15 is 0 Å². The van der Waals surface area contributed by atoms with Gasteiger partial charge in [-0.25, -0.2) is 0 Å². The van der Waals surface area contributed by atoms with Gasteiger partial charge in [0.1, 0.15) is 0 Å². The summed E-state index contributed by atoms with van der Waals surface area (Å²) >= 11 is 1.64. The molecule has 1 saturated heterocycles. The maximum absolute atomic E-state index is 13.0. The second-order valence-electron chi connectivity index (χ2n) is 8.80. The van der Waals surface area contributed by atoms with E-state index in [0.29, 0.717) is 12.1 Å². The normalized spacial score (nSPS) is 16.1. The van der Waals surface area contributed by atoms with Crippen molar-refractivity contribution in [2.45, 2.75) is 25.8 Å². The van der Waals surface area contributed by atoms with Gasteiger partial charge in [-0.15, -0.1) is 11.3 Å². The summed E-state index contributed by atoms with van der Waals surface area (Å²) in [6, 6.07) is 17.8. The Balaban J connectivity index is 1.22. The van der Waals surface area contributed by atoms with E-state index in [2.05, 4.69) is 16.3 Å². The minimum Gasteiger partial charge on any atom is -0.347 e. The number of carbonyl (C=O) groups is 2. The maximum Gasteiger partial charge on any atom is 0.254 e. The van der Waals surface area contributed by atoms with Crippen molar-refractivity contribution in [3.05, 3.63) is 81.5 Å². The van der Waals surface area contributed by atoms with E-state index in [1.807, 2.05) is 58.8 Å². The Hall–Kier alpha value is -2.96. The molecule has 1 aromatic heterocycles. The molecule has 5 rings (SSSR count). The van der Waals surface area contributed by atoms with Crippen LogP contribution in [0.25, 0.3) is 11.1 Å². The zero-order valence-electron chi connectivity index (χ0n) is 18.8. The second-order valence-corrected chi connectivity index (χ2v) is 9.83. The van der Waals surface area contributed by atoms with Crippen LogP contribution in [0.1, 0.15) is 44.0 Å². The van der Waals surface area contributed by atoms with Gasteiger partial charge in [0.15, 0.2) is 0 Å². The van der Waals surface area contributed by atoms with Crippen LogP contribution in [0.15, 0.2) is 60.0 Å². The molecule has 3 aromatic rings. The van der Waals surface area contributed by atoms with Crippen molar-refractivity contribution >= 4 is 23.2 Å². The summed E-state index contributed by atoms with van der Waals surface area (Å²) in [6.45, 7) is 5.45. The highest BCUT2D eigenvalue weighted by molar-refractivity contribution is 7.09. The Kier molecular flexibility index (Phi) is 6.55. The minimum absolute atomic E-state index is 0.0694. The van der Waals surface area contributed by atoms with Gasteiger partial charge in [-0.3, -0.25) is 9.59 Å². The van der Waals surface area contributed by atoms with E-state index in [1.54, 1.807) is 11.3 Å². The van der Waals surface area contributed by atoms with Gasteiger partial charge in [0, 0.05) is 35.6 Å². The molecule has 0 atom stereocenters. The molecule has 33 heavy (non-hydrogen) atoms. The monoisotopic (exact) mass is 459 g/mol.